The van der Waals surface area contributed by atoms with Gasteiger partial charge in [-0.05, 0) is 58.7 Å². The predicted molar refractivity (Wildman–Crippen MR) is 78.0 cm³/mol. The molecule has 0 amide bonds. The van der Waals surface area contributed by atoms with Crippen LogP contribution in [0.15, 0.2) is 34.8 Å². The van der Waals surface area contributed by atoms with Crippen molar-refractivity contribution in [2.75, 3.05) is 11.1 Å². The first-order valence-electron chi connectivity index (χ1n) is 5.25. The van der Waals surface area contributed by atoms with Gasteiger partial charge in [-0.2, -0.15) is 0 Å². The highest BCUT2D eigenvalue weighted by Gasteiger charge is 2.07. The molecule has 0 aliphatic rings. The second-order valence-electron chi connectivity index (χ2n) is 3.95. The third-order valence-electron chi connectivity index (χ3n) is 2.51. The molecule has 0 radical (unpaired) electrons. The number of nitrogen functional groups attached to an aromatic ring is 1. The molecule has 0 aliphatic heterocycles. The van der Waals surface area contributed by atoms with E-state index in [0.29, 0.717) is 22.1 Å². The molecule has 2 nitrogen and oxygen atoms in total. The Morgan fingerprint density at radius 1 is 1.22 bits per heavy atom. The summed E-state index contributed by atoms with van der Waals surface area (Å²) in [5, 5.41) is 3.60. The van der Waals surface area contributed by atoms with E-state index in [1.807, 2.05) is 13.0 Å². The van der Waals surface area contributed by atoms with Crippen molar-refractivity contribution in [3.8, 4) is 0 Å². The second-order valence-corrected chi connectivity index (χ2v) is 5.21. The average Bonchev–Trinajstić information content (AvgIpc) is 2.29. The van der Waals surface area contributed by atoms with Gasteiger partial charge < -0.3 is 11.1 Å². The van der Waals surface area contributed by atoms with Crippen LogP contribution in [-0.4, -0.2) is 0 Å². The van der Waals surface area contributed by atoms with Gasteiger partial charge in [-0.15, -0.1) is 0 Å². The van der Waals surface area contributed by atoms with Gasteiger partial charge in [0.1, 0.15) is 5.82 Å². The normalized spacial score (nSPS) is 10.4. The fourth-order valence-corrected chi connectivity index (χ4v) is 2.24. The minimum Gasteiger partial charge on any atom is -0.399 e. The summed E-state index contributed by atoms with van der Waals surface area (Å²) in [4.78, 5) is 0. The van der Waals surface area contributed by atoms with Crippen LogP contribution >= 0.6 is 27.5 Å². The summed E-state index contributed by atoms with van der Waals surface area (Å²) in [6, 6.07) is 8.11. The quantitative estimate of drug-likeness (QED) is 0.771. The van der Waals surface area contributed by atoms with Gasteiger partial charge in [0.25, 0.3) is 0 Å². The van der Waals surface area contributed by atoms with E-state index >= 15 is 0 Å². The van der Waals surface area contributed by atoms with E-state index in [2.05, 4.69) is 21.2 Å². The van der Waals surface area contributed by atoms with Crippen molar-refractivity contribution >= 4 is 44.6 Å². The van der Waals surface area contributed by atoms with Crippen LogP contribution in [-0.2, 0) is 0 Å². The molecule has 0 saturated heterocycles. The molecule has 18 heavy (non-hydrogen) atoms. The van der Waals surface area contributed by atoms with E-state index in [9.17, 15) is 4.39 Å². The van der Waals surface area contributed by atoms with Crippen molar-refractivity contribution in [3.63, 3.8) is 0 Å². The van der Waals surface area contributed by atoms with E-state index in [4.69, 9.17) is 17.3 Å². The van der Waals surface area contributed by atoms with Crippen molar-refractivity contribution in [2.24, 2.45) is 0 Å². The Morgan fingerprint density at radius 2 is 1.94 bits per heavy atom. The molecule has 0 fully saturated rings. The summed E-state index contributed by atoms with van der Waals surface area (Å²) in [5.41, 5.74) is 7.89. The van der Waals surface area contributed by atoms with Crippen LogP contribution in [0.5, 0.6) is 0 Å². The second kappa shape index (κ2) is 5.16. The van der Waals surface area contributed by atoms with Crippen molar-refractivity contribution in [1.82, 2.24) is 0 Å². The molecule has 5 heteroatoms. The Kier molecular flexibility index (Phi) is 3.78. The molecule has 2 aromatic carbocycles. The summed E-state index contributed by atoms with van der Waals surface area (Å²) in [7, 11) is 0. The molecule has 0 atom stereocenters. The maximum absolute atomic E-state index is 13.7. The van der Waals surface area contributed by atoms with Crippen LogP contribution in [0.4, 0.5) is 21.5 Å². The maximum atomic E-state index is 13.7. The fraction of sp³-hybridized carbons (Fsp3) is 0.0769. The van der Waals surface area contributed by atoms with Gasteiger partial charge in [0.05, 0.1) is 11.4 Å². The standard InChI is InChI=1S/C13H11BrClFN2/c1-7-4-9(14)13(6-10(7)15)18-12-3-2-8(17)5-11(12)16/h2-6,18H,17H2,1H3. The van der Waals surface area contributed by atoms with Gasteiger partial charge in [0.15, 0.2) is 0 Å². The van der Waals surface area contributed by atoms with E-state index in [0.717, 1.165) is 10.0 Å². The molecule has 0 bridgehead atoms. The van der Waals surface area contributed by atoms with Gasteiger partial charge in [0.2, 0.25) is 0 Å². The molecule has 0 saturated carbocycles. The Morgan fingerprint density at radius 3 is 2.61 bits per heavy atom. The minimum absolute atomic E-state index is 0.352. The van der Waals surface area contributed by atoms with Crippen LogP contribution in [0.3, 0.4) is 0 Å². The van der Waals surface area contributed by atoms with Gasteiger partial charge in [-0.1, -0.05) is 11.6 Å². The van der Waals surface area contributed by atoms with Crippen molar-refractivity contribution in [3.05, 3.63) is 51.2 Å². The van der Waals surface area contributed by atoms with Gasteiger partial charge in [0, 0.05) is 15.2 Å². The third-order valence-corrected chi connectivity index (χ3v) is 3.57. The summed E-state index contributed by atoms with van der Waals surface area (Å²) in [5.74, 6) is -0.404. The molecule has 0 spiro atoms. The van der Waals surface area contributed by atoms with Crippen LogP contribution in [0, 0.1) is 12.7 Å². The smallest absolute Gasteiger partial charge is 0.148 e. The van der Waals surface area contributed by atoms with Gasteiger partial charge in [-0.25, -0.2) is 4.39 Å². The number of halogens is 3. The fourth-order valence-electron chi connectivity index (χ4n) is 1.52. The van der Waals surface area contributed by atoms with Crippen LogP contribution in [0.1, 0.15) is 5.56 Å². The molecule has 2 rings (SSSR count). The summed E-state index contributed by atoms with van der Waals surface area (Å²) in [6.45, 7) is 1.90. The number of aryl methyl sites for hydroxylation is 1. The number of nitrogens with two attached hydrogens (primary N) is 1. The number of anilines is 3. The molecule has 0 aliphatic carbocycles. The summed E-state index contributed by atoms with van der Waals surface area (Å²) in [6.07, 6.45) is 0. The zero-order valence-corrected chi connectivity index (χ0v) is 11.9. The molecule has 3 N–H and O–H groups in total. The number of hydrogen-bond acceptors (Lipinski definition) is 2. The summed E-state index contributed by atoms with van der Waals surface area (Å²) < 4.78 is 14.5. The number of nitrogens with one attached hydrogen (secondary N) is 1. The van der Waals surface area contributed by atoms with E-state index in [1.165, 1.54) is 6.07 Å². The zero-order chi connectivity index (χ0) is 13.3. The Bertz CT molecular complexity index is 602. The van der Waals surface area contributed by atoms with Gasteiger partial charge >= 0.3 is 0 Å². The largest absolute Gasteiger partial charge is 0.399 e. The SMILES string of the molecule is Cc1cc(Br)c(Nc2ccc(N)cc2F)cc1Cl. The molecule has 94 valence electrons. The third kappa shape index (κ3) is 2.76. The lowest BCUT2D eigenvalue weighted by Gasteiger charge is -2.11. The molecule has 0 heterocycles. The Labute approximate surface area is 118 Å². The van der Waals surface area contributed by atoms with E-state index in [-0.39, 0.29) is 0 Å². The lowest BCUT2D eigenvalue weighted by Crippen LogP contribution is -1.96. The van der Waals surface area contributed by atoms with Crippen LogP contribution in [0.25, 0.3) is 0 Å². The Balaban J connectivity index is 2.37. The van der Waals surface area contributed by atoms with Crippen LogP contribution in [0.2, 0.25) is 5.02 Å². The number of hydrogen-bond donors (Lipinski definition) is 2. The van der Waals surface area contributed by atoms with E-state index in [1.54, 1.807) is 18.2 Å². The monoisotopic (exact) mass is 328 g/mol. The zero-order valence-electron chi connectivity index (χ0n) is 9.60. The first-order valence-corrected chi connectivity index (χ1v) is 6.42. The lowest BCUT2D eigenvalue weighted by atomic mass is 10.2. The van der Waals surface area contributed by atoms with Gasteiger partial charge in [-0.3, -0.25) is 0 Å². The maximum Gasteiger partial charge on any atom is 0.148 e. The first-order chi connectivity index (χ1) is 8.47. The molecular weight excluding hydrogens is 319 g/mol. The highest BCUT2D eigenvalue weighted by atomic mass is 79.9. The van der Waals surface area contributed by atoms with Crippen molar-refractivity contribution in [2.45, 2.75) is 6.92 Å². The van der Waals surface area contributed by atoms with Crippen LogP contribution < -0.4 is 11.1 Å². The minimum atomic E-state index is -0.404. The van der Waals surface area contributed by atoms with Crippen molar-refractivity contribution in [1.29, 1.82) is 0 Å². The topological polar surface area (TPSA) is 38.0 Å². The molecular formula is C13H11BrClFN2. The highest BCUT2D eigenvalue weighted by molar-refractivity contribution is 9.10. The first kappa shape index (κ1) is 13.2. The average molecular weight is 330 g/mol. The highest BCUT2D eigenvalue weighted by Crippen LogP contribution is 2.32. The molecule has 0 unspecified atom stereocenters. The molecule has 2 aromatic rings. The molecule has 0 aromatic heterocycles. The van der Waals surface area contributed by atoms with E-state index < -0.39 is 5.82 Å². The Hall–Kier alpha value is -1.26. The van der Waals surface area contributed by atoms with Crippen molar-refractivity contribution < 1.29 is 4.39 Å². The number of benzene rings is 2. The summed E-state index contributed by atoms with van der Waals surface area (Å²) >= 11 is 9.45. The number of rotatable bonds is 2. The lowest BCUT2D eigenvalue weighted by molar-refractivity contribution is 0.632. The predicted octanol–water partition coefficient (Wildman–Crippen LogP) is 4.88.